The Kier molecular flexibility index (Phi) is 3.65. The molecule has 2 N–H and O–H groups in total. The predicted molar refractivity (Wildman–Crippen MR) is 79.0 cm³/mol. The number of benzene rings is 1. The zero-order chi connectivity index (χ0) is 14.0. The van der Waals surface area contributed by atoms with Gasteiger partial charge in [-0.2, -0.15) is 0 Å². The van der Waals surface area contributed by atoms with Crippen molar-refractivity contribution >= 4 is 5.88 Å². The lowest BCUT2D eigenvalue weighted by Crippen LogP contribution is -2.10. The molecule has 0 atom stereocenters. The Labute approximate surface area is 114 Å². The fourth-order valence-electron chi connectivity index (χ4n) is 2.19. The van der Waals surface area contributed by atoms with Crippen LogP contribution < -0.4 is 5.73 Å². The highest BCUT2D eigenvalue weighted by molar-refractivity contribution is 5.75. The number of nitrogen functional groups attached to an aromatic ring is 1. The standard InChI is InChI=1S/C16H22N2O/c1-5-6-13-14(15(17)19-18-13)11-7-9-12(10-8-11)16(2,3)4/h7-10H,5-6,17H2,1-4H3. The molecule has 1 heterocycles. The lowest BCUT2D eigenvalue weighted by atomic mass is 9.86. The number of hydrogen-bond acceptors (Lipinski definition) is 3. The third kappa shape index (κ3) is 2.80. The summed E-state index contributed by atoms with van der Waals surface area (Å²) in [5, 5.41) is 4.05. The Balaban J connectivity index is 2.40. The quantitative estimate of drug-likeness (QED) is 0.898. The second kappa shape index (κ2) is 5.08. The van der Waals surface area contributed by atoms with Crippen molar-refractivity contribution in [1.82, 2.24) is 5.16 Å². The molecule has 0 saturated carbocycles. The summed E-state index contributed by atoms with van der Waals surface area (Å²) in [6.07, 6.45) is 1.91. The largest absolute Gasteiger partial charge is 0.367 e. The molecule has 1 aromatic carbocycles. The molecule has 3 heteroatoms. The number of rotatable bonds is 3. The summed E-state index contributed by atoms with van der Waals surface area (Å²) in [6, 6.07) is 8.50. The van der Waals surface area contributed by atoms with Crippen LogP contribution in [0.5, 0.6) is 0 Å². The highest BCUT2D eigenvalue weighted by Gasteiger charge is 2.17. The Morgan fingerprint density at radius 3 is 2.32 bits per heavy atom. The first-order chi connectivity index (χ1) is 8.93. The topological polar surface area (TPSA) is 52.0 Å². The van der Waals surface area contributed by atoms with Crippen molar-refractivity contribution in [3.63, 3.8) is 0 Å². The molecule has 0 fully saturated rings. The maximum atomic E-state index is 5.90. The number of nitrogens with two attached hydrogens (primary N) is 1. The van der Waals surface area contributed by atoms with Crippen LogP contribution >= 0.6 is 0 Å². The third-order valence-electron chi connectivity index (χ3n) is 3.32. The van der Waals surface area contributed by atoms with Gasteiger partial charge in [0.25, 0.3) is 0 Å². The molecular weight excluding hydrogens is 236 g/mol. The van der Waals surface area contributed by atoms with Crippen LogP contribution in [0.1, 0.15) is 45.4 Å². The molecule has 0 aliphatic carbocycles. The minimum Gasteiger partial charge on any atom is -0.367 e. The number of aromatic nitrogens is 1. The van der Waals surface area contributed by atoms with Gasteiger partial charge in [-0.25, -0.2) is 0 Å². The van der Waals surface area contributed by atoms with Crippen LogP contribution in [-0.4, -0.2) is 5.16 Å². The van der Waals surface area contributed by atoms with Gasteiger partial charge in [-0.05, 0) is 23.0 Å². The van der Waals surface area contributed by atoms with Crippen LogP contribution in [0.3, 0.4) is 0 Å². The minimum atomic E-state index is 0.158. The van der Waals surface area contributed by atoms with Gasteiger partial charge in [0, 0.05) is 0 Å². The monoisotopic (exact) mass is 258 g/mol. The van der Waals surface area contributed by atoms with Crippen molar-refractivity contribution in [3.8, 4) is 11.1 Å². The van der Waals surface area contributed by atoms with E-state index in [2.05, 4.69) is 57.1 Å². The summed E-state index contributed by atoms with van der Waals surface area (Å²) >= 11 is 0. The maximum absolute atomic E-state index is 5.90. The van der Waals surface area contributed by atoms with Crippen molar-refractivity contribution in [1.29, 1.82) is 0 Å². The maximum Gasteiger partial charge on any atom is 0.230 e. The Bertz CT molecular complexity index is 547. The SMILES string of the molecule is CCCc1noc(N)c1-c1ccc(C(C)(C)C)cc1. The van der Waals surface area contributed by atoms with Gasteiger partial charge in [0.2, 0.25) is 5.88 Å². The lowest BCUT2D eigenvalue weighted by molar-refractivity contribution is 0.427. The molecular formula is C16H22N2O. The van der Waals surface area contributed by atoms with Gasteiger partial charge in [0.15, 0.2) is 0 Å². The third-order valence-corrected chi connectivity index (χ3v) is 3.32. The molecule has 2 aromatic rings. The van der Waals surface area contributed by atoms with Crippen molar-refractivity contribution < 1.29 is 4.52 Å². The molecule has 0 saturated heterocycles. The second-order valence-corrected chi connectivity index (χ2v) is 5.95. The summed E-state index contributed by atoms with van der Waals surface area (Å²) in [5.41, 5.74) is 10.3. The van der Waals surface area contributed by atoms with Gasteiger partial charge in [-0.3, -0.25) is 0 Å². The van der Waals surface area contributed by atoms with Crippen molar-refractivity contribution in [3.05, 3.63) is 35.5 Å². The van der Waals surface area contributed by atoms with Crippen molar-refractivity contribution in [2.24, 2.45) is 0 Å². The molecule has 0 amide bonds. The normalized spacial score (nSPS) is 11.8. The van der Waals surface area contributed by atoms with E-state index in [9.17, 15) is 0 Å². The average molecular weight is 258 g/mol. The molecule has 0 radical (unpaired) electrons. The number of nitrogens with zero attached hydrogens (tertiary/aromatic N) is 1. The minimum absolute atomic E-state index is 0.158. The lowest BCUT2D eigenvalue weighted by Gasteiger charge is -2.19. The van der Waals surface area contributed by atoms with Crippen LogP contribution in [-0.2, 0) is 11.8 Å². The molecule has 0 aliphatic heterocycles. The zero-order valence-electron chi connectivity index (χ0n) is 12.2. The summed E-state index contributed by atoms with van der Waals surface area (Å²) in [5.74, 6) is 0.409. The van der Waals surface area contributed by atoms with Crippen LogP contribution in [0.15, 0.2) is 28.8 Å². The number of anilines is 1. The van der Waals surface area contributed by atoms with E-state index in [1.165, 1.54) is 5.56 Å². The molecule has 0 aliphatic rings. The first-order valence-electron chi connectivity index (χ1n) is 6.78. The highest BCUT2D eigenvalue weighted by atomic mass is 16.5. The Morgan fingerprint density at radius 2 is 1.79 bits per heavy atom. The van der Waals surface area contributed by atoms with Gasteiger partial charge in [0.05, 0.1) is 11.3 Å². The highest BCUT2D eigenvalue weighted by Crippen LogP contribution is 2.32. The van der Waals surface area contributed by atoms with Gasteiger partial charge >= 0.3 is 0 Å². The van der Waals surface area contributed by atoms with Crippen LogP contribution in [0, 0.1) is 0 Å². The van der Waals surface area contributed by atoms with E-state index in [1.807, 2.05) is 0 Å². The first-order valence-corrected chi connectivity index (χ1v) is 6.78. The van der Waals surface area contributed by atoms with Crippen molar-refractivity contribution in [2.45, 2.75) is 46.0 Å². The summed E-state index contributed by atoms with van der Waals surface area (Å²) in [6.45, 7) is 8.74. The van der Waals surface area contributed by atoms with Crippen LogP contribution in [0.25, 0.3) is 11.1 Å². The fraction of sp³-hybridized carbons (Fsp3) is 0.438. The average Bonchev–Trinajstić information content (AvgIpc) is 2.70. The molecule has 2 rings (SSSR count). The predicted octanol–water partition coefficient (Wildman–Crippen LogP) is 4.17. The zero-order valence-corrected chi connectivity index (χ0v) is 12.2. The molecule has 102 valence electrons. The van der Waals surface area contributed by atoms with E-state index in [-0.39, 0.29) is 5.41 Å². The molecule has 1 aromatic heterocycles. The molecule has 0 unspecified atom stereocenters. The second-order valence-electron chi connectivity index (χ2n) is 5.95. The van der Waals surface area contributed by atoms with E-state index in [0.717, 1.165) is 29.7 Å². The smallest absolute Gasteiger partial charge is 0.230 e. The van der Waals surface area contributed by atoms with E-state index < -0.39 is 0 Å². The van der Waals surface area contributed by atoms with Gasteiger partial charge in [-0.1, -0.05) is 63.5 Å². The van der Waals surface area contributed by atoms with Crippen LogP contribution in [0.4, 0.5) is 5.88 Å². The Morgan fingerprint density at radius 1 is 1.16 bits per heavy atom. The molecule has 19 heavy (non-hydrogen) atoms. The van der Waals surface area contributed by atoms with E-state index >= 15 is 0 Å². The van der Waals surface area contributed by atoms with Gasteiger partial charge < -0.3 is 10.3 Å². The van der Waals surface area contributed by atoms with Gasteiger partial charge in [-0.15, -0.1) is 0 Å². The summed E-state index contributed by atoms with van der Waals surface area (Å²) in [4.78, 5) is 0. The van der Waals surface area contributed by atoms with Crippen LogP contribution in [0.2, 0.25) is 0 Å². The number of aryl methyl sites for hydroxylation is 1. The molecule has 3 nitrogen and oxygen atoms in total. The van der Waals surface area contributed by atoms with E-state index in [0.29, 0.717) is 5.88 Å². The summed E-state index contributed by atoms with van der Waals surface area (Å²) in [7, 11) is 0. The number of hydrogen-bond donors (Lipinski definition) is 1. The fourth-order valence-corrected chi connectivity index (χ4v) is 2.19. The Hall–Kier alpha value is -1.77. The summed E-state index contributed by atoms with van der Waals surface area (Å²) < 4.78 is 5.13. The van der Waals surface area contributed by atoms with E-state index in [4.69, 9.17) is 10.3 Å². The first kappa shape index (κ1) is 13.7. The molecule has 0 spiro atoms. The molecule has 0 bridgehead atoms. The van der Waals surface area contributed by atoms with Crippen molar-refractivity contribution in [2.75, 3.05) is 5.73 Å². The van der Waals surface area contributed by atoms with E-state index in [1.54, 1.807) is 0 Å². The van der Waals surface area contributed by atoms with Gasteiger partial charge in [0.1, 0.15) is 0 Å².